The van der Waals surface area contributed by atoms with Gasteiger partial charge in [-0.15, -0.1) is 0 Å². The number of hydrogen-bond acceptors (Lipinski definition) is 2. The second-order valence-electron chi connectivity index (χ2n) is 2.40. The number of aromatic nitrogens is 1. The third-order valence-electron chi connectivity index (χ3n) is 1.45. The van der Waals surface area contributed by atoms with Crippen LogP contribution in [-0.4, -0.2) is 17.1 Å². The van der Waals surface area contributed by atoms with Gasteiger partial charge in [0.25, 0.3) is 0 Å². The highest BCUT2D eigenvalue weighted by atomic mass is 79.9. The van der Waals surface area contributed by atoms with E-state index in [9.17, 15) is 0 Å². The highest BCUT2D eigenvalue weighted by Gasteiger charge is 1.95. The zero-order valence-corrected chi connectivity index (χ0v) is 9.58. The fraction of sp³-hybridized carbons (Fsp3) is 0.250. The molecular formula is C8H10BrN3S. The van der Waals surface area contributed by atoms with Gasteiger partial charge in [-0.25, -0.2) is 0 Å². The zero-order valence-electron chi connectivity index (χ0n) is 7.17. The van der Waals surface area contributed by atoms with E-state index >= 15 is 0 Å². The third-order valence-corrected chi connectivity index (χ3v) is 2.26. The van der Waals surface area contributed by atoms with Gasteiger partial charge in [0.15, 0.2) is 5.11 Å². The molecule has 0 fully saturated rings. The van der Waals surface area contributed by atoms with Gasteiger partial charge in [0, 0.05) is 17.7 Å². The minimum atomic E-state index is 0.629. The summed E-state index contributed by atoms with van der Waals surface area (Å²) in [5.74, 6) is 0. The van der Waals surface area contributed by atoms with Crippen LogP contribution in [0.15, 0.2) is 22.8 Å². The fourth-order valence-electron chi connectivity index (χ4n) is 0.770. The predicted molar refractivity (Wildman–Crippen MR) is 60.4 cm³/mol. The maximum atomic E-state index is 4.92. The molecule has 0 atom stereocenters. The summed E-state index contributed by atoms with van der Waals surface area (Å²) < 4.78 is 0.979. The van der Waals surface area contributed by atoms with Gasteiger partial charge < -0.3 is 10.6 Å². The molecule has 0 spiro atoms. The molecule has 0 unspecified atom stereocenters. The molecule has 70 valence electrons. The van der Waals surface area contributed by atoms with E-state index in [1.54, 1.807) is 13.2 Å². The molecular weight excluding hydrogens is 250 g/mol. The van der Waals surface area contributed by atoms with Crippen LogP contribution in [0.5, 0.6) is 0 Å². The van der Waals surface area contributed by atoms with Crippen LogP contribution in [0.25, 0.3) is 0 Å². The molecule has 13 heavy (non-hydrogen) atoms. The van der Waals surface area contributed by atoms with Crippen LogP contribution in [-0.2, 0) is 6.54 Å². The summed E-state index contributed by atoms with van der Waals surface area (Å²) in [5, 5.41) is 6.47. The van der Waals surface area contributed by atoms with E-state index in [4.69, 9.17) is 12.2 Å². The lowest BCUT2D eigenvalue weighted by atomic mass is 10.3. The Kier molecular flexibility index (Phi) is 4.11. The van der Waals surface area contributed by atoms with Crippen molar-refractivity contribution in [3.8, 4) is 0 Å². The summed E-state index contributed by atoms with van der Waals surface area (Å²) in [7, 11) is 1.78. The Bertz CT molecular complexity index is 286. The summed E-state index contributed by atoms with van der Waals surface area (Å²) in [4.78, 5) is 4.19. The molecule has 0 saturated carbocycles. The minimum absolute atomic E-state index is 0.629. The van der Waals surface area contributed by atoms with Crippen molar-refractivity contribution in [1.82, 2.24) is 15.6 Å². The Morgan fingerprint density at radius 3 is 2.92 bits per heavy atom. The number of pyridine rings is 1. The van der Waals surface area contributed by atoms with Crippen molar-refractivity contribution in [1.29, 1.82) is 0 Å². The lowest BCUT2D eigenvalue weighted by Gasteiger charge is -2.05. The zero-order chi connectivity index (χ0) is 9.68. The molecule has 5 heteroatoms. The quantitative estimate of drug-likeness (QED) is 0.789. The molecule has 3 nitrogen and oxygen atoms in total. The lowest BCUT2D eigenvalue weighted by molar-refractivity contribution is 0.855. The first-order valence-corrected chi connectivity index (χ1v) is 4.98. The number of rotatable bonds is 2. The summed E-state index contributed by atoms with van der Waals surface area (Å²) in [6.07, 6.45) is 1.76. The van der Waals surface area contributed by atoms with E-state index < -0.39 is 0 Å². The van der Waals surface area contributed by atoms with Crippen molar-refractivity contribution in [3.63, 3.8) is 0 Å². The van der Waals surface area contributed by atoms with Gasteiger partial charge in [0.05, 0.1) is 12.2 Å². The average Bonchev–Trinajstić information content (AvgIpc) is 2.16. The Hall–Kier alpha value is -0.680. The van der Waals surface area contributed by atoms with Gasteiger partial charge in [-0.1, -0.05) is 0 Å². The molecule has 0 aliphatic carbocycles. The highest BCUT2D eigenvalue weighted by Crippen LogP contribution is 2.06. The van der Waals surface area contributed by atoms with Gasteiger partial charge in [-0.3, -0.25) is 4.98 Å². The molecule has 1 heterocycles. The second-order valence-corrected chi connectivity index (χ2v) is 3.72. The maximum Gasteiger partial charge on any atom is 0.166 e. The first kappa shape index (κ1) is 10.4. The standard InChI is InChI=1S/C8H10BrN3S/c1-10-8(13)12-5-7-3-2-6(9)4-11-7/h2-4H,5H2,1H3,(H2,10,12,13). The van der Waals surface area contributed by atoms with Crippen molar-refractivity contribution in [3.05, 3.63) is 28.5 Å². The van der Waals surface area contributed by atoms with E-state index in [0.717, 1.165) is 10.2 Å². The van der Waals surface area contributed by atoms with E-state index in [-0.39, 0.29) is 0 Å². The molecule has 1 aromatic heterocycles. The summed E-state index contributed by atoms with van der Waals surface area (Å²) in [6, 6.07) is 3.89. The van der Waals surface area contributed by atoms with Gasteiger partial charge in [-0.05, 0) is 40.3 Å². The van der Waals surface area contributed by atoms with Crippen LogP contribution in [0, 0.1) is 0 Å². The summed E-state index contributed by atoms with van der Waals surface area (Å²) in [6.45, 7) is 0.646. The SMILES string of the molecule is CNC(=S)NCc1ccc(Br)cn1. The Morgan fingerprint density at radius 2 is 2.38 bits per heavy atom. The summed E-state index contributed by atoms with van der Waals surface area (Å²) in [5.41, 5.74) is 0.959. The van der Waals surface area contributed by atoms with Crippen molar-refractivity contribution >= 4 is 33.3 Å². The van der Waals surface area contributed by atoms with Gasteiger partial charge in [0.2, 0.25) is 0 Å². The molecule has 0 amide bonds. The number of nitrogens with one attached hydrogen (secondary N) is 2. The first-order valence-electron chi connectivity index (χ1n) is 3.78. The Morgan fingerprint density at radius 1 is 1.62 bits per heavy atom. The van der Waals surface area contributed by atoms with Crippen molar-refractivity contribution in [2.24, 2.45) is 0 Å². The monoisotopic (exact) mass is 259 g/mol. The number of hydrogen-bond donors (Lipinski definition) is 2. The predicted octanol–water partition coefficient (Wildman–Crippen LogP) is 1.44. The molecule has 0 bridgehead atoms. The molecule has 2 N–H and O–H groups in total. The van der Waals surface area contributed by atoms with E-state index in [0.29, 0.717) is 11.7 Å². The van der Waals surface area contributed by atoms with Gasteiger partial charge in [0.1, 0.15) is 0 Å². The Balaban J connectivity index is 2.46. The smallest absolute Gasteiger partial charge is 0.166 e. The lowest BCUT2D eigenvalue weighted by Crippen LogP contribution is -2.32. The molecule has 1 aromatic rings. The number of halogens is 1. The molecule has 0 saturated heterocycles. The average molecular weight is 260 g/mol. The van der Waals surface area contributed by atoms with Crippen molar-refractivity contribution in [2.75, 3.05) is 7.05 Å². The molecule has 0 aromatic carbocycles. The van der Waals surface area contributed by atoms with Crippen LogP contribution >= 0.6 is 28.1 Å². The van der Waals surface area contributed by atoms with E-state index in [1.165, 1.54) is 0 Å². The number of thiocarbonyl (C=S) groups is 1. The topological polar surface area (TPSA) is 37.0 Å². The largest absolute Gasteiger partial charge is 0.366 e. The molecule has 0 radical (unpaired) electrons. The minimum Gasteiger partial charge on any atom is -0.366 e. The van der Waals surface area contributed by atoms with Crippen molar-refractivity contribution in [2.45, 2.75) is 6.54 Å². The van der Waals surface area contributed by atoms with Crippen LogP contribution < -0.4 is 10.6 Å². The van der Waals surface area contributed by atoms with Crippen LogP contribution in [0.4, 0.5) is 0 Å². The van der Waals surface area contributed by atoms with Crippen LogP contribution in [0.3, 0.4) is 0 Å². The van der Waals surface area contributed by atoms with Crippen LogP contribution in [0.1, 0.15) is 5.69 Å². The van der Waals surface area contributed by atoms with E-state index in [1.807, 2.05) is 12.1 Å². The maximum absolute atomic E-state index is 4.92. The summed E-state index contributed by atoms with van der Waals surface area (Å²) >= 11 is 8.24. The van der Waals surface area contributed by atoms with Crippen LogP contribution in [0.2, 0.25) is 0 Å². The normalized spacial score (nSPS) is 9.38. The third kappa shape index (κ3) is 3.69. The highest BCUT2D eigenvalue weighted by molar-refractivity contribution is 9.10. The molecule has 0 aliphatic rings. The Labute approximate surface area is 91.1 Å². The van der Waals surface area contributed by atoms with Gasteiger partial charge >= 0.3 is 0 Å². The van der Waals surface area contributed by atoms with E-state index in [2.05, 4.69) is 31.5 Å². The first-order chi connectivity index (χ1) is 6.22. The molecule has 1 rings (SSSR count). The fourth-order valence-corrected chi connectivity index (χ4v) is 1.08. The van der Waals surface area contributed by atoms with Gasteiger partial charge in [-0.2, -0.15) is 0 Å². The second kappa shape index (κ2) is 5.14. The number of nitrogens with zero attached hydrogens (tertiary/aromatic N) is 1. The molecule has 0 aliphatic heterocycles. The van der Waals surface area contributed by atoms with Crippen molar-refractivity contribution < 1.29 is 0 Å².